The zero-order chi connectivity index (χ0) is 4.83. The minimum atomic E-state index is 0. The van der Waals surface area contributed by atoms with E-state index >= 15 is 0 Å². The van der Waals surface area contributed by atoms with Crippen molar-refractivity contribution in [1.82, 2.24) is 10.6 Å². The summed E-state index contributed by atoms with van der Waals surface area (Å²) in [6.07, 6.45) is 0. The molecule has 7 heavy (non-hydrogen) atoms. The Morgan fingerprint density at radius 3 is 1.43 bits per heavy atom. The molecule has 0 aliphatic carbocycles. The molecule has 0 aromatic carbocycles. The third kappa shape index (κ3) is 10.9. The monoisotopic (exact) mass is 298 g/mol. The fourth-order valence-corrected chi connectivity index (χ4v) is 0.250. The molecule has 0 bridgehead atoms. The molecule has 0 spiro atoms. The fraction of sp³-hybridized carbons (Fsp3) is 1.00. The molecule has 2 N–H and O–H groups in total. The van der Waals surface area contributed by atoms with Crippen LogP contribution in [0.5, 0.6) is 0 Å². The standard InChI is InChI=1S/C4H12N2.Pb.2H/c1-5-3-4-6-2;;;/h5-6H,3-4H2,1-2H3;;;. The van der Waals surface area contributed by atoms with Crippen LogP contribution in [0.25, 0.3) is 0 Å². The van der Waals surface area contributed by atoms with Gasteiger partial charge in [-0.25, -0.2) is 0 Å². The van der Waals surface area contributed by atoms with Crippen LogP contribution >= 0.6 is 0 Å². The summed E-state index contributed by atoms with van der Waals surface area (Å²) < 4.78 is 0. The van der Waals surface area contributed by atoms with Crippen LogP contribution in [0.1, 0.15) is 0 Å². The van der Waals surface area contributed by atoms with Crippen LogP contribution in [0.4, 0.5) is 0 Å². The van der Waals surface area contributed by atoms with Crippen molar-refractivity contribution in [2.24, 2.45) is 0 Å². The van der Waals surface area contributed by atoms with Gasteiger partial charge >= 0.3 is 27.3 Å². The first-order valence-electron chi connectivity index (χ1n) is 2.21. The maximum atomic E-state index is 3.01. The summed E-state index contributed by atoms with van der Waals surface area (Å²) in [4.78, 5) is 0. The van der Waals surface area contributed by atoms with Gasteiger partial charge in [0.15, 0.2) is 0 Å². The molecular weight excluding hydrogens is 283 g/mol. The minimum absolute atomic E-state index is 0. The molecule has 0 aromatic rings. The van der Waals surface area contributed by atoms with Gasteiger partial charge in [-0.2, -0.15) is 0 Å². The normalized spacial score (nSPS) is 7.71. The van der Waals surface area contributed by atoms with Gasteiger partial charge in [0.25, 0.3) is 0 Å². The van der Waals surface area contributed by atoms with Crippen LogP contribution < -0.4 is 10.6 Å². The Morgan fingerprint density at radius 2 is 1.29 bits per heavy atom. The number of rotatable bonds is 3. The molecule has 0 rings (SSSR count). The molecule has 44 valence electrons. The molecule has 0 aromatic heterocycles. The predicted molar refractivity (Wildman–Crippen MR) is 36.4 cm³/mol. The maximum absolute atomic E-state index is 3.01. The molecule has 0 saturated heterocycles. The summed E-state index contributed by atoms with van der Waals surface area (Å²) in [5.74, 6) is 0. The van der Waals surface area contributed by atoms with E-state index < -0.39 is 0 Å². The SMILES string of the molecule is CNCCNC.[PbH2]. The average Bonchev–Trinajstić information content (AvgIpc) is 1.61. The zero-order valence-corrected chi connectivity index (χ0v) is 10.6. The van der Waals surface area contributed by atoms with Crippen molar-refractivity contribution in [3.8, 4) is 0 Å². The van der Waals surface area contributed by atoms with Crippen LogP contribution in [0.2, 0.25) is 0 Å². The van der Waals surface area contributed by atoms with E-state index in [1.807, 2.05) is 14.1 Å². The Balaban J connectivity index is 0. The Hall–Kier alpha value is 0.842. The second-order valence-electron chi connectivity index (χ2n) is 1.21. The summed E-state index contributed by atoms with van der Waals surface area (Å²) in [7, 11) is 3.88. The van der Waals surface area contributed by atoms with Crippen molar-refractivity contribution in [3.05, 3.63) is 0 Å². The number of likely N-dealkylation sites (N-methyl/N-ethyl adjacent to an activating group) is 2. The summed E-state index contributed by atoms with van der Waals surface area (Å²) in [5.41, 5.74) is 0. The van der Waals surface area contributed by atoms with Gasteiger partial charge in [0.2, 0.25) is 0 Å². The summed E-state index contributed by atoms with van der Waals surface area (Å²) in [6, 6.07) is 0. The van der Waals surface area contributed by atoms with Crippen LogP contribution in [0.3, 0.4) is 0 Å². The van der Waals surface area contributed by atoms with Crippen molar-refractivity contribution in [1.29, 1.82) is 0 Å². The summed E-state index contributed by atoms with van der Waals surface area (Å²) in [6.45, 7) is 2.10. The number of hydrogen-bond acceptors (Lipinski definition) is 2. The molecule has 0 aliphatic heterocycles. The first-order valence-corrected chi connectivity index (χ1v) is 2.21. The Kier molecular flexibility index (Phi) is 15.3. The van der Waals surface area contributed by atoms with E-state index in [2.05, 4.69) is 10.6 Å². The van der Waals surface area contributed by atoms with E-state index in [9.17, 15) is 0 Å². The topological polar surface area (TPSA) is 24.1 Å². The van der Waals surface area contributed by atoms with Gasteiger partial charge in [-0.3, -0.25) is 0 Å². The van der Waals surface area contributed by atoms with E-state index in [0.717, 1.165) is 13.1 Å². The van der Waals surface area contributed by atoms with E-state index in [4.69, 9.17) is 0 Å². The molecule has 0 atom stereocenters. The van der Waals surface area contributed by atoms with Crippen LogP contribution in [-0.4, -0.2) is 54.5 Å². The third-order valence-electron chi connectivity index (χ3n) is 0.625. The predicted octanol–water partition coefficient (Wildman–Crippen LogP) is -1.49. The van der Waals surface area contributed by atoms with E-state index in [1.165, 1.54) is 0 Å². The molecule has 0 amide bonds. The second-order valence-corrected chi connectivity index (χ2v) is 1.21. The summed E-state index contributed by atoms with van der Waals surface area (Å²) in [5, 5.41) is 6.01. The van der Waals surface area contributed by atoms with Gasteiger partial charge in [-0.15, -0.1) is 0 Å². The molecule has 2 radical (unpaired) electrons. The number of hydrogen-bond donors (Lipinski definition) is 2. The van der Waals surface area contributed by atoms with Crippen molar-refractivity contribution >= 4 is 27.3 Å². The number of nitrogens with one attached hydrogen (secondary N) is 2. The molecule has 0 unspecified atom stereocenters. The van der Waals surface area contributed by atoms with Gasteiger partial charge in [0.05, 0.1) is 0 Å². The van der Waals surface area contributed by atoms with Gasteiger partial charge < -0.3 is 10.6 Å². The Bertz CT molecular complexity index is 21.7. The molecular formula is C4H14N2Pb. The molecule has 0 saturated carbocycles. The molecule has 0 fully saturated rings. The third-order valence-corrected chi connectivity index (χ3v) is 0.625. The van der Waals surface area contributed by atoms with Gasteiger partial charge in [0.1, 0.15) is 0 Å². The fourth-order valence-electron chi connectivity index (χ4n) is 0.250. The zero-order valence-electron chi connectivity index (χ0n) is 5.12. The van der Waals surface area contributed by atoms with Gasteiger partial charge in [-0.05, 0) is 14.1 Å². The second kappa shape index (κ2) is 9.96. The first kappa shape index (κ1) is 10.8. The quantitative estimate of drug-likeness (QED) is 0.490. The average molecular weight is 297 g/mol. The molecule has 0 heterocycles. The van der Waals surface area contributed by atoms with Gasteiger partial charge in [0, 0.05) is 13.1 Å². The van der Waals surface area contributed by atoms with Crippen LogP contribution in [-0.2, 0) is 0 Å². The molecule has 3 heteroatoms. The molecule has 0 aliphatic rings. The van der Waals surface area contributed by atoms with E-state index in [1.54, 1.807) is 0 Å². The van der Waals surface area contributed by atoms with Crippen molar-refractivity contribution < 1.29 is 0 Å². The van der Waals surface area contributed by atoms with Crippen molar-refractivity contribution in [2.45, 2.75) is 0 Å². The first-order chi connectivity index (χ1) is 2.91. The van der Waals surface area contributed by atoms with Crippen LogP contribution in [0, 0.1) is 0 Å². The summed E-state index contributed by atoms with van der Waals surface area (Å²) >= 11 is 0. The van der Waals surface area contributed by atoms with Crippen molar-refractivity contribution in [3.63, 3.8) is 0 Å². The Labute approximate surface area is 65.2 Å². The van der Waals surface area contributed by atoms with Crippen LogP contribution in [0.15, 0.2) is 0 Å². The van der Waals surface area contributed by atoms with Crippen molar-refractivity contribution in [2.75, 3.05) is 27.2 Å². The molecule has 2 nitrogen and oxygen atoms in total. The van der Waals surface area contributed by atoms with E-state index in [0.29, 0.717) is 0 Å². The van der Waals surface area contributed by atoms with Gasteiger partial charge in [-0.1, -0.05) is 0 Å². The Morgan fingerprint density at radius 1 is 1.00 bits per heavy atom. The van der Waals surface area contributed by atoms with E-state index in [-0.39, 0.29) is 27.3 Å².